The van der Waals surface area contributed by atoms with Gasteiger partial charge in [-0.2, -0.15) is 0 Å². The van der Waals surface area contributed by atoms with E-state index in [0.717, 1.165) is 31.7 Å². The lowest BCUT2D eigenvalue weighted by molar-refractivity contribution is -0.0408. The Kier molecular flexibility index (Phi) is 5.39. The molecule has 1 N–H and O–H groups in total. The maximum Gasteiger partial charge on any atom is 0.251 e. The molecule has 0 radical (unpaired) electrons. The Bertz CT molecular complexity index is 567. The van der Waals surface area contributed by atoms with E-state index in [2.05, 4.69) is 36.0 Å². The molecule has 0 saturated carbocycles. The minimum Gasteiger partial charge on any atom is -0.375 e. The van der Waals surface area contributed by atoms with Crippen LogP contribution in [-0.2, 0) is 4.74 Å². The minimum atomic E-state index is -0.00462. The number of ether oxygens (including phenoxy) is 1. The summed E-state index contributed by atoms with van der Waals surface area (Å²) in [6.45, 7) is 8.45. The van der Waals surface area contributed by atoms with Gasteiger partial charge in [0, 0.05) is 30.9 Å². The second-order valence-corrected chi connectivity index (χ2v) is 7.50. The number of nitrogens with zero attached hydrogens (tertiary/aromatic N) is 2. The molecule has 3 rings (SSSR count). The normalized spacial score (nSPS) is 30.9. The van der Waals surface area contributed by atoms with Gasteiger partial charge in [-0.25, -0.2) is 4.98 Å². The number of anilines is 1. The average molecular weight is 331 g/mol. The van der Waals surface area contributed by atoms with Crippen LogP contribution in [0.4, 0.5) is 5.82 Å². The predicted molar refractivity (Wildman–Crippen MR) is 95.3 cm³/mol. The smallest absolute Gasteiger partial charge is 0.251 e. The highest BCUT2D eigenvalue weighted by Crippen LogP contribution is 2.23. The topological polar surface area (TPSA) is 54.5 Å². The van der Waals surface area contributed by atoms with Gasteiger partial charge in [0.2, 0.25) is 0 Å². The molecular formula is C19H29N3O2. The summed E-state index contributed by atoms with van der Waals surface area (Å²) in [6, 6.07) is 3.92. The highest BCUT2D eigenvalue weighted by molar-refractivity contribution is 5.95. The van der Waals surface area contributed by atoms with Crippen LogP contribution < -0.4 is 10.2 Å². The van der Waals surface area contributed by atoms with E-state index in [1.54, 1.807) is 12.3 Å². The van der Waals surface area contributed by atoms with Crippen LogP contribution in [0.5, 0.6) is 0 Å². The van der Waals surface area contributed by atoms with Gasteiger partial charge in [0.05, 0.1) is 12.2 Å². The third-order valence-electron chi connectivity index (χ3n) is 5.02. The van der Waals surface area contributed by atoms with Crippen molar-refractivity contribution in [1.82, 2.24) is 10.3 Å². The minimum absolute atomic E-state index is 0.00462. The molecule has 0 aromatic carbocycles. The number of carbonyl (C=O) groups is 1. The molecule has 3 heterocycles. The number of piperidine rings is 1. The first-order valence-corrected chi connectivity index (χ1v) is 9.18. The van der Waals surface area contributed by atoms with Crippen molar-refractivity contribution in [3.05, 3.63) is 23.9 Å². The van der Waals surface area contributed by atoms with Crippen molar-refractivity contribution in [3.8, 4) is 0 Å². The summed E-state index contributed by atoms with van der Waals surface area (Å²) < 4.78 is 5.74. The molecule has 0 aliphatic carbocycles. The molecule has 5 heteroatoms. The van der Waals surface area contributed by atoms with E-state index in [-0.39, 0.29) is 24.2 Å². The summed E-state index contributed by atoms with van der Waals surface area (Å²) in [4.78, 5) is 19.4. The first kappa shape index (κ1) is 17.2. The van der Waals surface area contributed by atoms with E-state index >= 15 is 0 Å². The molecular weight excluding hydrogens is 302 g/mol. The van der Waals surface area contributed by atoms with Crippen molar-refractivity contribution in [2.24, 2.45) is 5.92 Å². The lowest BCUT2D eigenvalue weighted by Gasteiger charge is -2.33. The van der Waals surface area contributed by atoms with Gasteiger partial charge >= 0.3 is 0 Å². The summed E-state index contributed by atoms with van der Waals surface area (Å²) >= 11 is 0. The number of amides is 1. The summed E-state index contributed by atoms with van der Waals surface area (Å²) in [5, 5.41) is 3.17. The molecule has 2 aliphatic heterocycles. The monoisotopic (exact) mass is 331 g/mol. The zero-order chi connectivity index (χ0) is 17.1. The molecule has 24 heavy (non-hydrogen) atoms. The van der Waals surface area contributed by atoms with Crippen molar-refractivity contribution in [3.63, 3.8) is 0 Å². The molecule has 1 aromatic heterocycles. The summed E-state index contributed by atoms with van der Waals surface area (Å²) in [5.41, 5.74) is 0.699. The fourth-order valence-electron chi connectivity index (χ4n) is 3.92. The maximum atomic E-state index is 12.6. The van der Waals surface area contributed by atoms with Gasteiger partial charge < -0.3 is 15.0 Å². The number of hydrogen-bond acceptors (Lipinski definition) is 4. The van der Waals surface area contributed by atoms with E-state index < -0.39 is 0 Å². The zero-order valence-corrected chi connectivity index (χ0v) is 15.0. The van der Waals surface area contributed by atoms with E-state index in [9.17, 15) is 4.79 Å². The van der Waals surface area contributed by atoms with Crippen LogP contribution in [0.3, 0.4) is 0 Å². The van der Waals surface area contributed by atoms with Gasteiger partial charge in [0.15, 0.2) is 0 Å². The van der Waals surface area contributed by atoms with Gasteiger partial charge in [0.25, 0.3) is 5.91 Å². The van der Waals surface area contributed by atoms with E-state index in [0.29, 0.717) is 11.5 Å². The zero-order valence-electron chi connectivity index (χ0n) is 15.0. The summed E-state index contributed by atoms with van der Waals surface area (Å²) in [6.07, 6.45) is 6.35. The van der Waals surface area contributed by atoms with Crippen LogP contribution in [0.15, 0.2) is 18.3 Å². The van der Waals surface area contributed by atoms with Gasteiger partial charge in [-0.3, -0.25) is 4.79 Å². The molecule has 2 saturated heterocycles. The van der Waals surface area contributed by atoms with Crippen LogP contribution in [0.25, 0.3) is 0 Å². The third kappa shape index (κ3) is 4.26. The Labute approximate surface area is 144 Å². The number of pyridine rings is 1. The van der Waals surface area contributed by atoms with E-state index in [4.69, 9.17) is 4.74 Å². The Hall–Kier alpha value is -1.62. The Morgan fingerprint density at radius 2 is 2.04 bits per heavy atom. The van der Waals surface area contributed by atoms with Crippen molar-refractivity contribution >= 4 is 11.7 Å². The van der Waals surface area contributed by atoms with Crippen molar-refractivity contribution in [2.45, 2.75) is 64.7 Å². The average Bonchev–Trinajstić information content (AvgIpc) is 2.54. The lowest BCUT2D eigenvalue weighted by Crippen LogP contribution is -2.44. The predicted octanol–water partition coefficient (Wildman–Crippen LogP) is 3.00. The molecule has 2 fully saturated rings. The van der Waals surface area contributed by atoms with E-state index in [1.165, 1.54) is 12.8 Å². The van der Waals surface area contributed by atoms with Crippen molar-refractivity contribution < 1.29 is 9.53 Å². The Morgan fingerprint density at radius 1 is 1.29 bits per heavy atom. The van der Waals surface area contributed by atoms with Crippen LogP contribution >= 0.6 is 0 Å². The molecule has 1 amide bonds. The Morgan fingerprint density at radius 3 is 2.75 bits per heavy atom. The number of carbonyl (C=O) groups excluding carboxylic acids is 1. The SMILES string of the molecule is C[C@@H]1CCCN(c2cc(C(=O)NC3C[C@H](C)O[C@@H](C)C3)ccn2)C1. The maximum absolute atomic E-state index is 12.6. The summed E-state index contributed by atoms with van der Waals surface area (Å²) in [7, 11) is 0. The third-order valence-corrected chi connectivity index (χ3v) is 5.02. The van der Waals surface area contributed by atoms with Crippen molar-refractivity contribution in [2.75, 3.05) is 18.0 Å². The first-order valence-electron chi connectivity index (χ1n) is 9.18. The molecule has 3 atom stereocenters. The van der Waals surface area contributed by atoms with Crippen LogP contribution in [0.2, 0.25) is 0 Å². The fourth-order valence-corrected chi connectivity index (χ4v) is 3.92. The second kappa shape index (κ2) is 7.51. The molecule has 2 aliphatic rings. The molecule has 0 unspecified atom stereocenters. The van der Waals surface area contributed by atoms with Crippen molar-refractivity contribution in [1.29, 1.82) is 0 Å². The van der Waals surface area contributed by atoms with Crippen LogP contribution in [0.1, 0.15) is 56.8 Å². The van der Waals surface area contributed by atoms with Crippen LogP contribution in [-0.4, -0.2) is 42.2 Å². The quantitative estimate of drug-likeness (QED) is 0.925. The number of nitrogens with one attached hydrogen (secondary N) is 1. The molecule has 0 spiro atoms. The van der Waals surface area contributed by atoms with Gasteiger partial charge in [-0.05, 0) is 57.6 Å². The van der Waals surface area contributed by atoms with Gasteiger partial charge in [0.1, 0.15) is 5.82 Å². The first-order chi connectivity index (χ1) is 11.5. The van der Waals surface area contributed by atoms with E-state index in [1.807, 2.05) is 6.07 Å². The molecule has 5 nitrogen and oxygen atoms in total. The van der Waals surface area contributed by atoms with Gasteiger partial charge in [-0.1, -0.05) is 6.92 Å². The molecule has 0 bridgehead atoms. The number of aromatic nitrogens is 1. The standard InChI is InChI=1S/C19H29N3O2/c1-13-5-4-8-22(12-13)18-11-16(6-7-20-18)19(23)21-17-9-14(2)24-15(3)10-17/h6-7,11,13-15,17H,4-5,8-10,12H2,1-3H3,(H,21,23)/t13-,14+,15+/m1/s1. The fraction of sp³-hybridized carbons (Fsp3) is 0.684. The summed E-state index contributed by atoms with van der Waals surface area (Å²) in [5.74, 6) is 1.60. The largest absolute Gasteiger partial charge is 0.375 e. The molecule has 1 aromatic rings. The Balaban J connectivity index is 1.65. The highest BCUT2D eigenvalue weighted by Gasteiger charge is 2.26. The number of rotatable bonds is 3. The second-order valence-electron chi connectivity index (χ2n) is 7.50. The lowest BCUT2D eigenvalue weighted by atomic mass is 9.99. The number of hydrogen-bond donors (Lipinski definition) is 1. The van der Waals surface area contributed by atoms with Crippen LogP contribution in [0, 0.1) is 5.92 Å². The van der Waals surface area contributed by atoms with Gasteiger partial charge in [-0.15, -0.1) is 0 Å². The highest BCUT2D eigenvalue weighted by atomic mass is 16.5. The molecule has 132 valence electrons.